The highest BCUT2D eigenvalue weighted by Crippen LogP contribution is 2.42. The van der Waals surface area contributed by atoms with E-state index in [1.165, 1.54) is 14.2 Å². The molecule has 1 aliphatic rings. The average Bonchev–Trinajstić information content (AvgIpc) is 2.83. The molecule has 35 heavy (non-hydrogen) atoms. The monoisotopic (exact) mass is 557 g/mol. The molecule has 182 valence electrons. The van der Waals surface area contributed by atoms with Crippen LogP contribution in [0.3, 0.4) is 0 Å². The second kappa shape index (κ2) is 11.4. The molecule has 0 spiro atoms. The van der Waals surface area contributed by atoms with Crippen LogP contribution in [0.5, 0.6) is 5.75 Å². The molecule has 3 rings (SSSR count). The third-order valence-corrected chi connectivity index (χ3v) is 7.17. The molecule has 0 aromatic heterocycles. The van der Waals surface area contributed by atoms with Crippen LogP contribution in [-0.4, -0.2) is 37.8 Å². The number of nitriles is 1. The van der Waals surface area contributed by atoms with Crippen LogP contribution in [0.2, 0.25) is 0 Å². The van der Waals surface area contributed by atoms with Crippen LogP contribution in [0.1, 0.15) is 22.6 Å². The second-order valence-electron chi connectivity index (χ2n) is 7.87. The minimum Gasteiger partial charge on any atom is -0.496 e. The number of anilines is 1. The Hall–Kier alpha value is -3.29. The fraction of sp³-hybridized carbons (Fsp3) is 0.280. The molecule has 8 nitrogen and oxygen atoms in total. The quantitative estimate of drug-likeness (QED) is 0.387. The first-order valence-electron chi connectivity index (χ1n) is 10.6. The molecule has 2 atom stereocenters. The molecule has 2 amide bonds. The summed E-state index contributed by atoms with van der Waals surface area (Å²) >= 11 is 4.44. The molecule has 0 radical (unpaired) electrons. The number of hydrogen-bond donors (Lipinski definition) is 2. The van der Waals surface area contributed by atoms with Gasteiger partial charge in [0, 0.05) is 11.6 Å². The molecule has 0 aliphatic carbocycles. The molecule has 1 heterocycles. The fourth-order valence-corrected chi connectivity index (χ4v) is 5.16. The van der Waals surface area contributed by atoms with Gasteiger partial charge in [-0.2, -0.15) is 5.26 Å². The number of methoxy groups -OCH3 is 2. The maximum Gasteiger partial charge on any atom is 0.319 e. The van der Waals surface area contributed by atoms with Gasteiger partial charge in [-0.05, 0) is 64.7 Å². The molecule has 10 heteroatoms. The lowest BCUT2D eigenvalue weighted by Crippen LogP contribution is -2.44. The van der Waals surface area contributed by atoms with Crippen molar-refractivity contribution in [1.29, 1.82) is 5.26 Å². The van der Waals surface area contributed by atoms with Gasteiger partial charge in [-0.25, -0.2) is 0 Å². The van der Waals surface area contributed by atoms with E-state index in [1.807, 2.05) is 32.0 Å². The van der Waals surface area contributed by atoms with Crippen LogP contribution in [0, 0.1) is 31.1 Å². The highest BCUT2D eigenvalue weighted by Gasteiger charge is 2.44. The molecule has 2 N–H and O–H groups in total. The van der Waals surface area contributed by atoms with Gasteiger partial charge in [0.05, 0.1) is 41.1 Å². The fourth-order valence-electron chi connectivity index (χ4n) is 3.75. The Bertz CT molecular complexity index is 1250. The number of halogens is 1. The number of nitrogens with zero attached hydrogens (tertiary/aromatic N) is 1. The van der Waals surface area contributed by atoms with E-state index < -0.39 is 23.7 Å². The molecule has 0 saturated carbocycles. The molecule has 2 aromatic rings. The number of carbonyl (C=O) groups excluding carboxylic acids is 3. The molecule has 1 aliphatic heterocycles. The third kappa shape index (κ3) is 5.86. The number of thioether (sulfide) groups is 1. The zero-order valence-corrected chi connectivity index (χ0v) is 22.0. The number of allylic oxidation sites excluding steroid dienone is 1. The number of amides is 2. The minimum atomic E-state index is -1.26. The number of ether oxygens (including phenoxy) is 2. The van der Waals surface area contributed by atoms with Crippen LogP contribution < -0.4 is 15.4 Å². The number of hydrogen-bond acceptors (Lipinski definition) is 7. The highest BCUT2D eigenvalue weighted by atomic mass is 79.9. The van der Waals surface area contributed by atoms with Crippen molar-refractivity contribution in [2.24, 2.45) is 5.92 Å². The standard InChI is InChI=1S/C25H24BrN3O5S/c1-13-5-6-14(2)18(9-13)28-20(30)12-35-24-16(11-27)21(22(23(31)29-24)25(32)34-4)15-7-8-19(33-3)17(26)10-15/h5-10,21-22H,12H2,1-4H3,(H,28,30)(H,29,31)/t21-,22+/m1/s1. The van der Waals surface area contributed by atoms with Crippen LogP contribution in [0.4, 0.5) is 5.69 Å². The molecule has 2 aromatic carbocycles. The third-order valence-electron chi connectivity index (χ3n) is 5.53. The zero-order chi connectivity index (χ0) is 25.7. The van der Waals surface area contributed by atoms with E-state index >= 15 is 0 Å². The Morgan fingerprint density at radius 3 is 2.57 bits per heavy atom. The van der Waals surface area contributed by atoms with Crippen molar-refractivity contribution < 1.29 is 23.9 Å². The lowest BCUT2D eigenvalue weighted by Gasteiger charge is -2.31. The van der Waals surface area contributed by atoms with Crippen LogP contribution >= 0.6 is 27.7 Å². The van der Waals surface area contributed by atoms with Crippen molar-refractivity contribution in [1.82, 2.24) is 5.32 Å². The lowest BCUT2D eigenvalue weighted by atomic mass is 9.78. The minimum absolute atomic E-state index is 0.0455. The highest BCUT2D eigenvalue weighted by molar-refractivity contribution is 9.10. The van der Waals surface area contributed by atoms with Crippen molar-refractivity contribution in [2.75, 3.05) is 25.3 Å². The predicted molar refractivity (Wildman–Crippen MR) is 137 cm³/mol. The van der Waals surface area contributed by atoms with Gasteiger partial charge < -0.3 is 20.1 Å². The van der Waals surface area contributed by atoms with Crippen molar-refractivity contribution in [3.8, 4) is 11.8 Å². The summed E-state index contributed by atoms with van der Waals surface area (Å²) in [6.07, 6.45) is 0. The van der Waals surface area contributed by atoms with E-state index in [0.29, 0.717) is 21.5 Å². The summed E-state index contributed by atoms with van der Waals surface area (Å²) in [6, 6.07) is 12.9. The first-order valence-corrected chi connectivity index (χ1v) is 12.3. The molecule has 0 bridgehead atoms. The molecule has 0 saturated heterocycles. The van der Waals surface area contributed by atoms with Crippen molar-refractivity contribution in [3.63, 3.8) is 0 Å². The van der Waals surface area contributed by atoms with Gasteiger partial charge in [0.1, 0.15) is 11.7 Å². The number of rotatable bonds is 7. The topological polar surface area (TPSA) is 118 Å². The summed E-state index contributed by atoms with van der Waals surface area (Å²) in [4.78, 5) is 38.2. The van der Waals surface area contributed by atoms with Gasteiger partial charge in [0.25, 0.3) is 0 Å². The van der Waals surface area contributed by atoms with Crippen LogP contribution in [0.25, 0.3) is 0 Å². The Kier molecular flexibility index (Phi) is 8.59. The first kappa shape index (κ1) is 26.3. The number of nitrogens with one attached hydrogen (secondary N) is 2. The predicted octanol–water partition coefficient (Wildman–Crippen LogP) is 4.18. The summed E-state index contributed by atoms with van der Waals surface area (Å²) in [5.41, 5.74) is 3.35. The van der Waals surface area contributed by atoms with Crippen molar-refractivity contribution in [2.45, 2.75) is 19.8 Å². The first-order chi connectivity index (χ1) is 16.7. The van der Waals surface area contributed by atoms with Gasteiger partial charge in [-0.15, -0.1) is 0 Å². The van der Waals surface area contributed by atoms with Gasteiger partial charge in [0.2, 0.25) is 11.8 Å². The Labute approximate surface area is 216 Å². The van der Waals surface area contributed by atoms with Gasteiger partial charge in [-0.1, -0.05) is 30.0 Å². The van der Waals surface area contributed by atoms with Crippen LogP contribution in [0.15, 0.2) is 51.5 Å². The molecular formula is C25H24BrN3O5S. The normalized spacial score (nSPS) is 17.3. The smallest absolute Gasteiger partial charge is 0.319 e. The number of aryl methyl sites for hydroxylation is 2. The largest absolute Gasteiger partial charge is 0.496 e. The summed E-state index contributed by atoms with van der Waals surface area (Å²) in [6.45, 7) is 3.82. The van der Waals surface area contributed by atoms with E-state index in [1.54, 1.807) is 18.2 Å². The lowest BCUT2D eigenvalue weighted by molar-refractivity contribution is -0.150. The summed E-state index contributed by atoms with van der Waals surface area (Å²) in [7, 11) is 2.71. The Morgan fingerprint density at radius 1 is 1.20 bits per heavy atom. The second-order valence-corrected chi connectivity index (χ2v) is 9.71. The summed E-state index contributed by atoms with van der Waals surface area (Å²) in [5.74, 6) is -3.30. The molecular weight excluding hydrogens is 534 g/mol. The van der Waals surface area contributed by atoms with Crippen molar-refractivity contribution in [3.05, 3.63) is 68.2 Å². The SMILES string of the molecule is COC(=O)[C@@H]1C(=O)NC(SCC(=O)Nc2cc(C)ccc2C)=C(C#N)[C@H]1c1ccc(OC)c(Br)c1. The average molecular weight is 558 g/mol. The van der Waals surface area contributed by atoms with Gasteiger partial charge in [-0.3, -0.25) is 14.4 Å². The van der Waals surface area contributed by atoms with Crippen molar-refractivity contribution >= 4 is 51.2 Å². The van der Waals surface area contributed by atoms with E-state index in [2.05, 4.69) is 32.6 Å². The molecule has 0 unspecified atom stereocenters. The van der Waals surface area contributed by atoms with E-state index in [0.717, 1.165) is 22.9 Å². The van der Waals surface area contributed by atoms with E-state index in [4.69, 9.17) is 9.47 Å². The summed E-state index contributed by atoms with van der Waals surface area (Å²) < 4.78 is 10.7. The molecule has 0 fully saturated rings. The van der Waals surface area contributed by atoms with E-state index in [9.17, 15) is 19.6 Å². The van der Waals surface area contributed by atoms with E-state index in [-0.39, 0.29) is 22.3 Å². The summed E-state index contributed by atoms with van der Waals surface area (Å²) in [5, 5.41) is 15.7. The Balaban J connectivity index is 1.93. The number of carbonyl (C=O) groups is 3. The van der Waals surface area contributed by atoms with Crippen LogP contribution in [-0.2, 0) is 19.1 Å². The number of benzene rings is 2. The maximum absolute atomic E-state index is 13.0. The Morgan fingerprint density at radius 2 is 1.94 bits per heavy atom. The number of esters is 1. The zero-order valence-electron chi connectivity index (χ0n) is 19.6. The van der Waals surface area contributed by atoms with Gasteiger partial charge >= 0.3 is 5.97 Å². The maximum atomic E-state index is 13.0. The van der Waals surface area contributed by atoms with Gasteiger partial charge in [0.15, 0.2) is 0 Å².